The largest absolute Gasteiger partial charge is 0.330 e. The first-order chi connectivity index (χ1) is 7.13. The minimum atomic E-state index is 0.502. The second-order valence-electron chi connectivity index (χ2n) is 3.90. The Morgan fingerprint density at radius 1 is 1.47 bits per heavy atom. The number of hydrogen-bond donors (Lipinski definition) is 1. The van der Waals surface area contributed by atoms with E-state index >= 15 is 0 Å². The molecule has 0 saturated carbocycles. The number of aryl methyl sites for hydroxylation is 2. The van der Waals surface area contributed by atoms with Gasteiger partial charge in [-0.05, 0) is 25.3 Å². The van der Waals surface area contributed by atoms with Crippen LogP contribution in [0.25, 0.3) is 0 Å². The molecule has 4 heteroatoms. The maximum absolute atomic E-state index is 6.26. The van der Waals surface area contributed by atoms with Crippen LogP contribution < -0.4 is 5.73 Å². The Hall–Kier alpha value is -0.540. The van der Waals surface area contributed by atoms with Crippen molar-refractivity contribution in [2.24, 2.45) is 18.7 Å². The van der Waals surface area contributed by atoms with E-state index in [-0.39, 0.29) is 0 Å². The van der Waals surface area contributed by atoms with Gasteiger partial charge in [0.05, 0.1) is 16.4 Å². The molecule has 15 heavy (non-hydrogen) atoms. The van der Waals surface area contributed by atoms with Gasteiger partial charge in [-0.1, -0.05) is 31.9 Å². The zero-order valence-electron chi connectivity index (χ0n) is 9.76. The van der Waals surface area contributed by atoms with Gasteiger partial charge in [0.2, 0.25) is 0 Å². The summed E-state index contributed by atoms with van der Waals surface area (Å²) in [4.78, 5) is 0. The molecule has 1 heterocycles. The molecular formula is C11H20ClN3. The van der Waals surface area contributed by atoms with Crippen LogP contribution in [0.15, 0.2) is 0 Å². The monoisotopic (exact) mass is 229 g/mol. The van der Waals surface area contributed by atoms with E-state index in [1.54, 1.807) is 0 Å². The van der Waals surface area contributed by atoms with Crippen molar-refractivity contribution in [1.29, 1.82) is 0 Å². The van der Waals surface area contributed by atoms with E-state index in [0.717, 1.165) is 35.7 Å². The second kappa shape index (κ2) is 5.52. The van der Waals surface area contributed by atoms with Crippen molar-refractivity contribution in [3.8, 4) is 0 Å². The van der Waals surface area contributed by atoms with Crippen LogP contribution in [-0.2, 0) is 19.9 Å². The van der Waals surface area contributed by atoms with Crippen molar-refractivity contribution in [3.05, 3.63) is 16.4 Å². The molecule has 1 rings (SSSR count). The summed E-state index contributed by atoms with van der Waals surface area (Å²) in [6, 6.07) is 0. The molecule has 0 amide bonds. The Morgan fingerprint density at radius 3 is 2.53 bits per heavy atom. The van der Waals surface area contributed by atoms with Crippen LogP contribution in [0.1, 0.15) is 31.7 Å². The van der Waals surface area contributed by atoms with Crippen LogP contribution >= 0.6 is 11.6 Å². The van der Waals surface area contributed by atoms with Gasteiger partial charge in [0.15, 0.2) is 0 Å². The van der Waals surface area contributed by atoms with Crippen LogP contribution in [0, 0.1) is 5.92 Å². The minimum absolute atomic E-state index is 0.502. The van der Waals surface area contributed by atoms with Gasteiger partial charge in [-0.25, -0.2) is 0 Å². The molecule has 0 bridgehead atoms. The van der Waals surface area contributed by atoms with Crippen LogP contribution in [0.5, 0.6) is 0 Å². The van der Waals surface area contributed by atoms with Gasteiger partial charge in [-0.2, -0.15) is 5.10 Å². The predicted octanol–water partition coefficient (Wildman–Crippen LogP) is 2.16. The van der Waals surface area contributed by atoms with Crippen molar-refractivity contribution in [3.63, 3.8) is 0 Å². The van der Waals surface area contributed by atoms with E-state index < -0.39 is 0 Å². The lowest BCUT2D eigenvalue weighted by Gasteiger charge is -2.12. The van der Waals surface area contributed by atoms with E-state index in [1.165, 1.54) is 0 Å². The smallest absolute Gasteiger partial charge is 0.0849 e. The third-order valence-corrected chi connectivity index (χ3v) is 3.33. The standard InChI is InChI=1S/C11H20ClN3/c1-4-8(7-13)6-10-11(12)9(5-2)14-15(10)3/h8H,4-7,13H2,1-3H3. The molecule has 3 nitrogen and oxygen atoms in total. The molecule has 1 aromatic rings. The molecule has 0 aromatic carbocycles. The summed E-state index contributed by atoms with van der Waals surface area (Å²) in [7, 11) is 1.95. The van der Waals surface area contributed by atoms with Crippen molar-refractivity contribution < 1.29 is 0 Å². The quantitative estimate of drug-likeness (QED) is 0.841. The van der Waals surface area contributed by atoms with Crippen molar-refractivity contribution in [1.82, 2.24) is 9.78 Å². The maximum Gasteiger partial charge on any atom is 0.0849 e. The van der Waals surface area contributed by atoms with E-state index in [1.807, 2.05) is 11.7 Å². The highest BCUT2D eigenvalue weighted by atomic mass is 35.5. The summed E-state index contributed by atoms with van der Waals surface area (Å²) in [5.41, 5.74) is 7.80. The summed E-state index contributed by atoms with van der Waals surface area (Å²) in [6.45, 7) is 4.93. The summed E-state index contributed by atoms with van der Waals surface area (Å²) in [6.07, 6.45) is 2.89. The summed E-state index contributed by atoms with van der Waals surface area (Å²) in [5, 5.41) is 5.22. The first kappa shape index (κ1) is 12.5. The van der Waals surface area contributed by atoms with Gasteiger partial charge >= 0.3 is 0 Å². The number of aromatic nitrogens is 2. The number of hydrogen-bond acceptors (Lipinski definition) is 2. The summed E-state index contributed by atoms with van der Waals surface area (Å²) >= 11 is 6.26. The Balaban J connectivity index is 2.88. The molecule has 2 N–H and O–H groups in total. The van der Waals surface area contributed by atoms with E-state index in [0.29, 0.717) is 12.5 Å². The first-order valence-corrected chi connectivity index (χ1v) is 5.92. The molecule has 0 aliphatic heterocycles. The second-order valence-corrected chi connectivity index (χ2v) is 4.28. The lowest BCUT2D eigenvalue weighted by atomic mass is 10.0. The Morgan fingerprint density at radius 2 is 2.13 bits per heavy atom. The Bertz CT molecular complexity index is 316. The van der Waals surface area contributed by atoms with E-state index in [2.05, 4.69) is 18.9 Å². The van der Waals surface area contributed by atoms with Crippen LogP contribution in [0.2, 0.25) is 5.02 Å². The fraction of sp³-hybridized carbons (Fsp3) is 0.727. The average Bonchev–Trinajstić information content (AvgIpc) is 2.51. The molecule has 0 radical (unpaired) electrons. The van der Waals surface area contributed by atoms with Gasteiger partial charge in [0, 0.05) is 7.05 Å². The molecule has 1 unspecified atom stereocenters. The molecule has 1 atom stereocenters. The zero-order chi connectivity index (χ0) is 11.4. The molecule has 0 saturated heterocycles. The maximum atomic E-state index is 6.26. The number of nitrogens with two attached hydrogens (primary N) is 1. The van der Waals surface area contributed by atoms with Gasteiger partial charge < -0.3 is 5.73 Å². The topological polar surface area (TPSA) is 43.8 Å². The predicted molar refractivity (Wildman–Crippen MR) is 64.1 cm³/mol. The normalized spacial score (nSPS) is 13.1. The van der Waals surface area contributed by atoms with Gasteiger partial charge in [-0.15, -0.1) is 0 Å². The highest BCUT2D eigenvalue weighted by Gasteiger charge is 2.16. The van der Waals surface area contributed by atoms with E-state index in [9.17, 15) is 0 Å². The van der Waals surface area contributed by atoms with Crippen LogP contribution in [-0.4, -0.2) is 16.3 Å². The lowest BCUT2D eigenvalue weighted by Crippen LogP contribution is -2.17. The van der Waals surface area contributed by atoms with Gasteiger partial charge in [0.25, 0.3) is 0 Å². The zero-order valence-corrected chi connectivity index (χ0v) is 10.5. The third kappa shape index (κ3) is 2.73. The third-order valence-electron chi connectivity index (χ3n) is 2.90. The highest BCUT2D eigenvalue weighted by Crippen LogP contribution is 2.23. The van der Waals surface area contributed by atoms with Crippen LogP contribution in [0.4, 0.5) is 0 Å². The van der Waals surface area contributed by atoms with Crippen molar-refractivity contribution >= 4 is 11.6 Å². The molecule has 0 aliphatic carbocycles. The van der Waals surface area contributed by atoms with Crippen molar-refractivity contribution in [2.45, 2.75) is 33.1 Å². The number of nitrogens with zero attached hydrogens (tertiary/aromatic N) is 2. The molecule has 0 fully saturated rings. The number of rotatable bonds is 5. The lowest BCUT2D eigenvalue weighted by molar-refractivity contribution is 0.498. The van der Waals surface area contributed by atoms with E-state index in [4.69, 9.17) is 17.3 Å². The molecule has 86 valence electrons. The molecule has 0 spiro atoms. The molecule has 1 aromatic heterocycles. The molecule has 0 aliphatic rings. The fourth-order valence-corrected chi connectivity index (χ4v) is 2.08. The summed E-state index contributed by atoms with van der Waals surface area (Å²) < 4.78 is 1.89. The minimum Gasteiger partial charge on any atom is -0.330 e. The SMILES string of the molecule is CCc1nn(C)c(CC(CC)CN)c1Cl. The average molecular weight is 230 g/mol. The Kier molecular flexibility index (Phi) is 4.61. The first-order valence-electron chi connectivity index (χ1n) is 5.54. The number of halogens is 1. The van der Waals surface area contributed by atoms with Crippen molar-refractivity contribution in [2.75, 3.05) is 6.54 Å². The van der Waals surface area contributed by atoms with Gasteiger partial charge in [-0.3, -0.25) is 4.68 Å². The summed E-state index contributed by atoms with van der Waals surface area (Å²) in [5.74, 6) is 0.502. The van der Waals surface area contributed by atoms with Crippen LogP contribution in [0.3, 0.4) is 0 Å². The fourth-order valence-electron chi connectivity index (χ4n) is 1.71. The Labute approximate surface area is 96.6 Å². The van der Waals surface area contributed by atoms with Gasteiger partial charge in [0.1, 0.15) is 0 Å². The highest BCUT2D eigenvalue weighted by molar-refractivity contribution is 6.31. The molecular weight excluding hydrogens is 210 g/mol.